The molecule has 1 saturated heterocycles. The first kappa shape index (κ1) is 16.1. The lowest BCUT2D eigenvalue weighted by Gasteiger charge is -2.29. The third kappa shape index (κ3) is 3.24. The molecule has 2 aliphatic heterocycles. The van der Waals surface area contributed by atoms with Crippen molar-refractivity contribution in [3.63, 3.8) is 0 Å². The van der Waals surface area contributed by atoms with Gasteiger partial charge in [-0.25, -0.2) is 0 Å². The van der Waals surface area contributed by atoms with E-state index in [4.69, 9.17) is 14.0 Å². The van der Waals surface area contributed by atoms with Crippen molar-refractivity contribution in [3.05, 3.63) is 41.5 Å². The van der Waals surface area contributed by atoms with Gasteiger partial charge in [-0.05, 0) is 31.7 Å². The van der Waals surface area contributed by atoms with Gasteiger partial charge >= 0.3 is 0 Å². The molecular weight excluding hydrogens is 322 g/mol. The zero-order valence-corrected chi connectivity index (χ0v) is 14.1. The van der Waals surface area contributed by atoms with Gasteiger partial charge in [-0.3, -0.25) is 4.79 Å². The second-order valence-electron chi connectivity index (χ2n) is 6.52. The molecule has 1 amide bonds. The molecular formula is C18H21N3O4. The van der Waals surface area contributed by atoms with E-state index < -0.39 is 0 Å². The van der Waals surface area contributed by atoms with E-state index in [1.165, 1.54) is 0 Å². The molecule has 1 aromatic carbocycles. The van der Waals surface area contributed by atoms with Crippen molar-refractivity contribution in [1.82, 2.24) is 15.5 Å². The van der Waals surface area contributed by atoms with Crippen LogP contribution >= 0.6 is 0 Å². The Kier molecular flexibility index (Phi) is 4.40. The van der Waals surface area contributed by atoms with E-state index in [-0.39, 0.29) is 23.8 Å². The number of nitrogens with zero attached hydrogens (tertiary/aromatic N) is 2. The number of hydrogen-bond acceptors (Lipinski definition) is 6. The maximum absolute atomic E-state index is 12.9. The van der Waals surface area contributed by atoms with Crippen LogP contribution < -0.4 is 10.1 Å². The summed E-state index contributed by atoms with van der Waals surface area (Å²) in [4.78, 5) is 17.3. The van der Waals surface area contributed by atoms with Gasteiger partial charge in [0.15, 0.2) is 5.82 Å². The lowest BCUT2D eigenvalue weighted by Crippen LogP contribution is -2.39. The summed E-state index contributed by atoms with van der Waals surface area (Å²) in [5, 5.41) is 7.01. The van der Waals surface area contributed by atoms with Crippen LogP contribution in [0.1, 0.15) is 42.1 Å². The summed E-state index contributed by atoms with van der Waals surface area (Å²) in [6.07, 6.45) is 1.70. The molecule has 0 bridgehead atoms. The van der Waals surface area contributed by atoms with Crippen LogP contribution in [0.5, 0.6) is 5.75 Å². The van der Waals surface area contributed by atoms with Crippen molar-refractivity contribution in [3.8, 4) is 5.75 Å². The summed E-state index contributed by atoms with van der Waals surface area (Å²) >= 11 is 0. The molecule has 1 fully saturated rings. The van der Waals surface area contributed by atoms with Gasteiger partial charge in [-0.2, -0.15) is 4.98 Å². The maximum Gasteiger partial charge on any atom is 0.249 e. The van der Waals surface area contributed by atoms with Crippen LogP contribution in [-0.4, -0.2) is 35.9 Å². The second-order valence-corrected chi connectivity index (χ2v) is 6.52. The molecule has 25 heavy (non-hydrogen) atoms. The maximum atomic E-state index is 12.9. The van der Waals surface area contributed by atoms with Crippen molar-refractivity contribution in [1.29, 1.82) is 0 Å². The highest BCUT2D eigenvalue weighted by Crippen LogP contribution is 2.35. The van der Waals surface area contributed by atoms with Gasteiger partial charge in [0.2, 0.25) is 11.8 Å². The topological polar surface area (TPSA) is 86.5 Å². The van der Waals surface area contributed by atoms with Crippen LogP contribution in [0.2, 0.25) is 0 Å². The number of aromatic nitrogens is 2. The molecule has 7 nitrogen and oxygen atoms in total. The number of fused-ring (bicyclic) bond motifs is 1. The quantitative estimate of drug-likeness (QED) is 0.915. The first-order chi connectivity index (χ1) is 12.2. The van der Waals surface area contributed by atoms with Crippen molar-refractivity contribution in [2.45, 2.75) is 31.7 Å². The number of carbonyl (C=O) groups is 1. The highest BCUT2D eigenvalue weighted by atomic mass is 16.5. The van der Waals surface area contributed by atoms with Crippen molar-refractivity contribution >= 4 is 5.91 Å². The zero-order chi connectivity index (χ0) is 17.2. The van der Waals surface area contributed by atoms with Gasteiger partial charge in [-0.15, -0.1) is 0 Å². The minimum atomic E-state index is -0.317. The van der Waals surface area contributed by atoms with E-state index >= 15 is 0 Å². The first-order valence-corrected chi connectivity index (χ1v) is 8.62. The molecule has 2 aliphatic rings. The minimum Gasteiger partial charge on any atom is -0.492 e. The Balaban J connectivity index is 1.55. The number of rotatable bonds is 4. The Bertz CT molecular complexity index is 754. The number of benzene rings is 1. The summed E-state index contributed by atoms with van der Waals surface area (Å²) in [7, 11) is 0. The fourth-order valence-corrected chi connectivity index (χ4v) is 3.50. The van der Waals surface area contributed by atoms with Crippen molar-refractivity contribution in [2.24, 2.45) is 5.92 Å². The highest BCUT2D eigenvalue weighted by Gasteiger charge is 2.36. The molecule has 132 valence electrons. The zero-order valence-electron chi connectivity index (χ0n) is 14.1. The minimum absolute atomic E-state index is 0.0719. The smallest absolute Gasteiger partial charge is 0.249 e. The number of nitrogens with one attached hydrogen (secondary N) is 1. The summed E-state index contributed by atoms with van der Waals surface area (Å²) in [5.41, 5.74) is 0.924. The van der Waals surface area contributed by atoms with E-state index in [2.05, 4.69) is 15.5 Å². The second kappa shape index (κ2) is 6.84. The van der Waals surface area contributed by atoms with Crippen LogP contribution in [0.4, 0.5) is 0 Å². The fraction of sp³-hybridized carbons (Fsp3) is 0.500. The Morgan fingerprint density at radius 1 is 1.28 bits per heavy atom. The molecule has 0 radical (unpaired) electrons. The Morgan fingerprint density at radius 2 is 2.08 bits per heavy atom. The summed E-state index contributed by atoms with van der Waals surface area (Å²) in [6, 6.07) is 7.36. The predicted molar refractivity (Wildman–Crippen MR) is 88.1 cm³/mol. The summed E-state index contributed by atoms with van der Waals surface area (Å²) in [6.45, 7) is 3.49. The Labute approximate surface area is 145 Å². The van der Waals surface area contributed by atoms with Crippen LogP contribution in [0.15, 0.2) is 28.8 Å². The highest BCUT2D eigenvalue weighted by molar-refractivity contribution is 5.85. The van der Waals surface area contributed by atoms with Crippen LogP contribution in [0.3, 0.4) is 0 Å². The number of para-hydroxylation sites is 1. The van der Waals surface area contributed by atoms with Gasteiger partial charge in [0.05, 0.1) is 0 Å². The van der Waals surface area contributed by atoms with Gasteiger partial charge in [0, 0.05) is 18.8 Å². The molecule has 0 spiro atoms. The molecule has 2 atom stereocenters. The van der Waals surface area contributed by atoms with E-state index in [9.17, 15) is 4.79 Å². The van der Waals surface area contributed by atoms with Crippen LogP contribution in [0, 0.1) is 12.8 Å². The average molecular weight is 343 g/mol. The largest absolute Gasteiger partial charge is 0.492 e. The molecule has 4 rings (SSSR count). The number of carbonyl (C=O) groups excluding carboxylic acids is 1. The number of ether oxygens (including phenoxy) is 2. The van der Waals surface area contributed by atoms with Gasteiger partial charge in [-0.1, -0.05) is 23.4 Å². The summed E-state index contributed by atoms with van der Waals surface area (Å²) in [5.74, 6) is 1.63. The molecule has 2 unspecified atom stereocenters. The third-order valence-electron chi connectivity index (χ3n) is 4.86. The van der Waals surface area contributed by atoms with Crippen LogP contribution in [-0.2, 0) is 9.53 Å². The van der Waals surface area contributed by atoms with Crippen molar-refractivity contribution in [2.75, 3.05) is 19.8 Å². The SMILES string of the molecule is Cc1noc(C(NC(=O)C2COc3ccccc32)C2CCOCC2)n1. The van der Waals surface area contributed by atoms with Gasteiger partial charge in [0.1, 0.15) is 24.3 Å². The molecule has 2 aromatic rings. The summed E-state index contributed by atoms with van der Waals surface area (Å²) < 4.78 is 16.4. The Morgan fingerprint density at radius 3 is 2.84 bits per heavy atom. The molecule has 0 aliphatic carbocycles. The first-order valence-electron chi connectivity index (χ1n) is 8.62. The van der Waals surface area contributed by atoms with E-state index in [1.807, 2.05) is 24.3 Å². The molecule has 0 saturated carbocycles. The predicted octanol–water partition coefficient (Wildman–Crippen LogP) is 2.14. The third-order valence-corrected chi connectivity index (χ3v) is 4.86. The molecule has 1 aromatic heterocycles. The standard InChI is InChI=1S/C18H21N3O4/c1-11-19-18(25-21-11)16(12-6-8-23-9-7-12)20-17(22)14-10-24-15-5-3-2-4-13(14)15/h2-5,12,14,16H,6-10H2,1H3,(H,20,22). The average Bonchev–Trinajstić information content (AvgIpc) is 3.26. The number of amides is 1. The van der Waals surface area contributed by atoms with E-state index in [0.29, 0.717) is 31.5 Å². The van der Waals surface area contributed by atoms with Crippen molar-refractivity contribution < 1.29 is 18.8 Å². The fourth-order valence-electron chi connectivity index (χ4n) is 3.50. The molecule has 7 heteroatoms. The van der Waals surface area contributed by atoms with Gasteiger partial charge < -0.3 is 19.3 Å². The van der Waals surface area contributed by atoms with E-state index in [1.54, 1.807) is 6.92 Å². The number of aryl methyl sites for hydroxylation is 1. The molecule has 1 N–H and O–H groups in total. The monoisotopic (exact) mass is 343 g/mol. The molecule has 3 heterocycles. The number of hydrogen-bond donors (Lipinski definition) is 1. The lowest BCUT2D eigenvalue weighted by atomic mass is 9.90. The van der Waals surface area contributed by atoms with Gasteiger partial charge in [0.25, 0.3) is 0 Å². The lowest BCUT2D eigenvalue weighted by molar-refractivity contribution is -0.124. The van der Waals surface area contributed by atoms with E-state index in [0.717, 1.165) is 24.2 Å². The Hall–Kier alpha value is -2.41. The normalized spacial score (nSPS) is 21.4. The van der Waals surface area contributed by atoms with Crippen LogP contribution in [0.25, 0.3) is 0 Å².